The molecule has 0 saturated carbocycles. The lowest BCUT2D eigenvalue weighted by Gasteiger charge is -2.17. The number of aliphatic hydroxyl groups excluding tert-OH is 2. The highest BCUT2D eigenvalue weighted by Crippen LogP contribution is 2.26. The molecule has 0 heterocycles. The standard InChI is InChI=1S/C9H9Br2FO2/c10-4-8(13)9(14)6-2-1-5(12)3-7(6)11/h1-3,8-9,13-14H,4H2. The molecule has 0 spiro atoms. The number of hydrogen-bond donors (Lipinski definition) is 2. The van der Waals surface area contributed by atoms with Crippen LogP contribution in [0.5, 0.6) is 0 Å². The molecule has 2 N–H and O–H groups in total. The fraction of sp³-hybridized carbons (Fsp3) is 0.333. The van der Waals surface area contributed by atoms with E-state index in [4.69, 9.17) is 0 Å². The Hall–Kier alpha value is 0.0300. The molecule has 0 aliphatic rings. The summed E-state index contributed by atoms with van der Waals surface area (Å²) in [5.74, 6) is -0.388. The topological polar surface area (TPSA) is 40.5 Å². The van der Waals surface area contributed by atoms with Crippen molar-refractivity contribution in [1.29, 1.82) is 0 Å². The number of halogens is 3. The molecule has 2 unspecified atom stereocenters. The second-order valence-corrected chi connectivity index (χ2v) is 4.33. The number of alkyl halides is 1. The number of aliphatic hydroxyl groups is 2. The van der Waals surface area contributed by atoms with Crippen molar-refractivity contribution < 1.29 is 14.6 Å². The van der Waals surface area contributed by atoms with E-state index in [0.29, 0.717) is 10.0 Å². The van der Waals surface area contributed by atoms with Crippen molar-refractivity contribution in [3.63, 3.8) is 0 Å². The highest BCUT2D eigenvalue weighted by Gasteiger charge is 2.19. The smallest absolute Gasteiger partial charge is 0.124 e. The minimum absolute atomic E-state index is 0.262. The summed E-state index contributed by atoms with van der Waals surface area (Å²) in [6.07, 6.45) is -1.93. The van der Waals surface area contributed by atoms with Crippen molar-refractivity contribution in [2.45, 2.75) is 12.2 Å². The van der Waals surface area contributed by atoms with E-state index in [0.717, 1.165) is 0 Å². The maximum absolute atomic E-state index is 12.7. The molecule has 14 heavy (non-hydrogen) atoms. The van der Waals surface area contributed by atoms with Gasteiger partial charge in [-0.25, -0.2) is 4.39 Å². The fourth-order valence-electron chi connectivity index (χ4n) is 1.03. The van der Waals surface area contributed by atoms with Crippen LogP contribution in [0.4, 0.5) is 4.39 Å². The van der Waals surface area contributed by atoms with E-state index in [2.05, 4.69) is 31.9 Å². The van der Waals surface area contributed by atoms with Crippen LogP contribution in [0, 0.1) is 5.82 Å². The van der Waals surface area contributed by atoms with E-state index in [1.807, 2.05) is 0 Å². The molecule has 2 nitrogen and oxygen atoms in total. The maximum Gasteiger partial charge on any atom is 0.124 e. The van der Waals surface area contributed by atoms with Crippen molar-refractivity contribution >= 4 is 31.9 Å². The van der Waals surface area contributed by atoms with Crippen molar-refractivity contribution in [3.8, 4) is 0 Å². The Labute approximate surface area is 98.0 Å². The summed E-state index contributed by atoms with van der Waals surface area (Å²) < 4.78 is 13.2. The van der Waals surface area contributed by atoms with Crippen LogP contribution in [0.25, 0.3) is 0 Å². The highest BCUT2D eigenvalue weighted by atomic mass is 79.9. The van der Waals surface area contributed by atoms with E-state index in [9.17, 15) is 14.6 Å². The first-order valence-corrected chi connectivity index (χ1v) is 5.84. The van der Waals surface area contributed by atoms with Crippen LogP contribution in [0.3, 0.4) is 0 Å². The first-order valence-electron chi connectivity index (χ1n) is 3.93. The quantitative estimate of drug-likeness (QED) is 0.837. The maximum atomic E-state index is 12.7. The van der Waals surface area contributed by atoms with Gasteiger partial charge in [0.25, 0.3) is 0 Å². The largest absolute Gasteiger partial charge is 0.389 e. The molecule has 78 valence electrons. The first kappa shape index (κ1) is 12.1. The number of benzene rings is 1. The molecule has 1 rings (SSSR count). The summed E-state index contributed by atoms with van der Waals surface area (Å²) in [6, 6.07) is 3.93. The summed E-state index contributed by atoms with van der Waals surface area (Å²) in [7, 11) is 0. The van der Waals surface area contributed by atoms with Crippen LogP contribution in [0.1, 0.15) is 11.7 Å². The van der Waals surface area contributed by atoms with Crippen molar-refractivity contribution in [1.82, 2.24) is 0 Å². The van der Waals surface area contributed by atoms with Gasteiger partial charge in [0.15, 0.2) is 0 Å². The zero-order chi connectivity index (χ0) is 10.7. The zero-order valence-electron chi connectivity index (χ0n) is 7.12. The van der Waals surface area contributed by atoms with Crippen LogP contribution in [0.2, 0.25) is 0 Å². The summed E-state index contributed by atoms with van der Waals surface area (Å²) in [5, 5.41) is 19.3. The molecule has 2 atom stereocenters. The summed E-state index contributed by atoms with van der Waals surface area (Å²) in [4.78, 5) is 0. The molecular weight excluding hydrogens is 319 g/mol. The van der Waals surface area contributed by atoms with Gasteiger partial charge < -0.3 is 10.2 Å². The third-order valence-electron chi connectivity index (χ3n) is 1.80. The van der Waals surface area contributed by atoms with Gasteiger partial charge in [-0.15, -0.1) is 0 Å². The molecule has 0 fully saturated rings. The van der Waals surface area contributed by atoms with Gasteiger partial charge in [0, 0.05) is 9.80 Å². The Balaban J connectivity index is 2.95. The third-order valence-corrected chi connectivity index (χ3v) is 3.15. The van der Waals surface area contributed by atoms with Gasteiger partial charge in [0.2, 0.25) is 0 Å². The van der Waals surface area contributed by atoms with E-state index < -0.39 is 12.2 Å². The first-order chi connectivity index (χ1) is 6.56. The van der Waals surface area contributed by atoms with Gasteiger partial charge in [-0.3, -0.25) is 0 Å². The summed E-state index contributed by atoms with van der Waals surface area (Å²) in [5.41, 5.74) is 0.471. The number of hydrogen-bond acceptors (Lipinski definition) is 2. The molecule has 0 aliphatic heterocycles. The molecule has 0 aliphatic carbocycles. The monoisotopic (exact) mass is 326 g/mol. The van der Waals surface area contributed by atoms with Gasteiger partial charge in [-0.05, 0) is 17.7 Å². The highest BCUT2D eigenvalue weighted by molar-refractivity contribution is 9.10. The predicted octanol–water partition coefficient (Wildman–Crippen LogP) is 2.38. The van der Waals surface area contributed by atoms with Gasteiger partial charge in [-0.1, -0.05) is 37.9 Å². The molecule has 0 amide bonds. The average molecular weight is 328 g/mol. The predicted molar refractivity (Wildman–Crippen MR) is 58.9 cm³/mol. The van der Waals surface area contributed by atoms with Crippen LogP contribution in [-0.4, -0.2) is 21.6 Å². The lowest BCUT2D eigenvalue weighted by atomic mass is 10.1. The Bertz CT molecular complexity index is 320. The van der Waals surface area contributed by atoms with Gasteiger partial charge in [0.05, 0.1) is 6.10 Å². The van der Waals surface area contributed by atoms with Crippen molar-refractivity contribution in [2.75, 3.05) is 5.33 Å². The van der Waals surface area contributed by atoms with E-state index in [1.165, 1.54) is 18.2 Å². The molecular formula is C9H9Br2FO2. The zero-order valence-corrected chi connectivity index (χ0v) is 10.3. The Morgan fingerprint density at radius 3 is 2.50 bits per heavy atom. The lowest BCUT2D eigenvalue weighted by Crippen LogP contribution is -2.19. The summed E-state index contributed by atoms with van der Waals surface area (Å²) >= 11 is 6.17. The minimum atomic E-state index is -1.02. The van der Waals surface area contributed by atoms with Crippen LogP contribution in [0.15, 0.2) is 22.7 Å². The van der Waals surface area contributed by atoms with E-state index >= 15 is 0 Å². The molecule has 5 heteroatoms. The van der Waals surface area contributed by atoms with Gasteiger partial charge in [0.1, 0.15) is 11.9 Å². The normalized spacial score (nSPS) is 15.2. The average Bonchev–Trinajstić information content (AvgIpc) is 2.15. The minimum Gasteiger partial charge on any atom is -0.389 e. The third kappa shape index (κ3) is 2.76. The number of rotatable bonds is 3. The molecule has 0 aromatic heterocycles. The van der Waals surface area contributed by atoms with Gasteiger partial charge >= 0.3 is 0 Å². The Kier molecular flexibility index (Phi) is 4.50. The Morgan fingerprint density at radius 2 is 2.00 bits per heavy atom. The van der Waals surface area contributed by atoms with E-state index in [-0.39, 0.29) is 11.1 Å². The SMILES string of the molecule is OC(CBr)C(O)c1ccc(F)cc1Br. The molecule has 1 aromatic rings. The van der Waals surface area contributed by atoms with Crippen molar-refractivity contribution in [3.05, 3.63) is 34.1 Å². The van der Waals surface area contributed by atoms with Crippen LogP contribution in [-0.2, 0) is 0 Å². The molecule has 1 aromatic carbocycles. The molecule has 0 radical (unpaired) electrons. The summed E-state index contributed by atoms with van der Waals surface area (Å²) in [6.45, 7) is 0. The Morgan fingerprint density at radius 1 is 1.36 bits per heavy atom. The van der Waals surface area contributed by atoms with Gasteiger partial charge in [-0.2, -0.15) is 0 Å². The second kappa shape index (κ2) is 5.21. The second-order valence-electron chi connectivity index (χ2n) is 2.83. The van der Waals surface area contributed by atoms with Crippen LogP contribution < -0.4 is 0 Å². The lowest BCUT2D eigenvalue weighted by molar-refractivity contribution is 0.0338. The fourth-order valence-corrected chi connectivity index (χ4v) is 1.97. The van der Waals surface area contributed by atoms with Crippen LogP contribution >= 0.6 is 31.9 Å². The van der Waals surface area contributed by atoms with Crippen molar-refractivity contribution in [2.24, 2.45) is 0 Å². The van der Waals surface area contributed by atoms with E-state index in [1.54, 1.807) is 0 Å². The molecule has 0 bridgehead atoms. The molecule has 0 saturated heterocycles.